The van der Waals surface area contributed by atoms with Gasteiger partial charge in [0.1, 0.15) is 5.82 Å². The summed E-state index contributed by atoms with van der Waals surface area (Å²) in [7, 11) is 0. The molecule has 0 bridgehead atoms. The predicted molar refractivity (Wildman–Crippen MR) is 125 cm³/mol. The zero-order valence-electron chi connectivity index (χ0n) is 18.8. The van der Waals surface area contributed by atoms with Crippen LogP contribution in [0.4, 0.5) is 24.7 Å². The summed E-state index contributed by atoms with van der Waals surface area (Å²) in [4.78, 5) is 12.8. The molecule has 35 heavy (non-hydrogen) atoms. The molecule has 0 aliphatic carbocycles. The molecular weight excluding hydrogens is 457 g/mol. The van der Waals surface area contributed by atoms with Crippen molar-refractivity contribution < 1.29 is 18.0 Å². The second-order valence-electron chi connectivity index (χ2n) is 8.57. The molecular formula is C25H23F3N6O. The molecule has 0 spiro atoms. The van der Waals surface area contributed by atoms with Crippen LogP contribution in [0, 0.1) is 6.92 Å². The lowest BCUT2D eigenvalue weighted by atomic mass is 9.97. The van der Waals surface area contributed by atoms with Gasteiger partial charge in [-0.3, -0.25) is 9.48 Å². The van der Waals surface area contributed by atoms with E-state index in [1.165, 1.54) is 12.3 Å². The number of carbonyl (C=O) groups is 1. The fourth-order valence-electron chi connectivity index (χ4n) is 4.26. The summed E-state index contributed by atoms with van der Waals surface area (Å²) in [6.07, 6.45) is -1.58. The first-order valence-corrected chi connectivity index (χ1v) is 11.1. The molecule has 0 radical (unpaired) electrons. The molecule has 2 aromatic carbocycles. The molecule has 0 saturated heterocycles. The lowest BCUT2D eigenvalue weighted by molar-refractivity contribution is -0.173. The van der Waals surface area contributed by atoms with Gasteiger partial charge in [0, 0.05) is 18.7 Å². The van der Waals surface area contributed by atoms with E-state index in [2.05, 4.69) is 20.8 Å². The molecule has 3 heterocycles. The Morgan fingerprint density at radius 2 is 1.89 bits per heavy atom. The van der Waals surface area contributed by atoms with Crippen molar-refractivity contribution in [2.24, 2.45) is 0 Å². The fraction of sp³-hybridized carbons (Fsp3) is 0.240. The number of nitrogens with one attached hydrogen (secondary N) is 2. The van der Waals surface area contributed by atoms with Crippen molar-refractivity contribution in [2.75, 3.05) is 10.6 Å². The Morgan fingerprint density at radius 1 is 1.14 bits per heavy atom. The minimum atomic E-state index is -4.51. The van der Waals surface area contributed by atoms with Crippen LogP contribution in [0.3, 0.4) is 0 Å². The maximum absolute atomic E-state index is 13.9. The lowest BCUT2D eigenvalue weighted by Gasteiger charge is -2.33. The van der Waals surface area contributed by atoms with Crippen LogP contribution in [0.2, 0.25) is 0 Å². The van der Waals surface area contributed by atoms with Crippen molar-refractivity contribution in [1.29, 1.82) is 0 Å². The van der Waals surface area contributed by atoms with E-state index in [-0.39, 0.29) is 17.9 Å². The second kappa shape index (κ2) is 8.94. The van der Waals surface area contributed by atoms with Gasteiger partial charge >= 0.3 is 6.18 Å². The number of halogens is 3. The van der Waals surface area contributed by atoms with Crippen LogP contribution >= 0.6 is 0 Å². The number of rotatable bonds is 5. The molecule has 0 unspecified atom stereocenters. The van der Waals surface area contributed by atoms with Crippen LogP contribution in [0.25, 0.3) is 0 Å². The van der Waals surface area contributed by atoms with Crippen molar-refractivity contribution >= 4 is 17.4 Å². The second-order valence-corrected chi connectivity index (χ2v) is 8.57. The molecule has 0 fully saturated rings. The first kappa shape index (κ1) is 22.7. The third kappa shape index (κ3) is 4.77. The highest BCUT2D eigenvalue weighted by atomic mass is 19.4. The highest BCUT2D eigenvalue weighted by Gasteiger charge is 2.46. The summed E-state index contributed by atoms with van der Waals surface area (Å²) >= 11 is 0. The summed E-state index contributed by atoms with van der Waals surface area (Å²) in [5, 5.41) is 14.0. The van der Waals surface area contributed by atoms with E-state index in [0.717, 1.165) is 21.4 Å². The number of benzene rings is 2. The van der Waals surface area contributed by atoms with E-state index in [0.29, 0.717) is 12.2 Å². The van der Waals surface area contributed by atoms with E-state index in [1.54, 1.807) is 35.1 Å². The number of hydrogen-bond donors (Lipinski definition) is 2. The third-order valence-corrected chi connectivity index (χ3v) is 6.11. The lowest BCUT2D eigenvalue weighted by Crippen LogP contribution is -2.35. The number of fused-ring (bicyclic) bond motifs is 1. The van der Waals surface area contributed by atoms with Crippen LogP contribution in [0.1, 0.15) is 45.7 Å². The highest BCUT2D eigenvalue weighted by Crippen LogP contribution is 2.43. The van der Waals surface area contributed by atoms with E-state index in [4.69, 9.17) is 0 Å². The molecule has 0 saturated carbocycles. The number of amides is 1. The Bertz CT molecular complexity index is 1340. The summed E-state index contributed by atoms with van der Waals surface area (Å²) in [6, 6.07) is 15.8. The Morgan fingerprint density at radius 3 is 2.63 bits per heavy atom. The quantitative estimate of drug-likeness (QED) is 0.404. The van der Waals surface area contributed by atoms with Gasteiger partial charge in [0.25, 0.3) is 5.91 Å². The van der Waals surface area contributed by atoms with Crippen molar-refractivity contribution in [3.05, 3.63) is 95.4 Å². The van der Waals surface area contributed by atoms with Crippen molar-refractivity contribution in [2.45, 2.75) is 38.1 Å². The Hall–Kier alpha value is -4.08. The Kier molecular flexibility index (Phi) is 5.80. The molecule has 1 aliphatic rings. The SMILES string of the molecule is Cc1ccccc1Cn1cc(NC(=O)c2cc3n(n2)[C@@H](C(F)(F)F)C[C@H](c2ccccc2)N3)cn1. The van der Waals surface area contributed by atoms with Gasteiger partial charge in [-0.05, 0) is 23.6 Å². The molecule has 180 valence electrons. The van der Waals surface area contributed by atoms with Gasteiger partial charge in [-0.2, -0.15) is 23.4 Å². The molecule has 5 rings (SSSR count). The van der Waals surface area contributed by atoms with Gasteiger partial charge in [0.05, 0.1) is 24.5 Å². The molecule has 2 aromatic heterocycles. The van der Waals surface area contributed by atoms with E-state index in [9.17, 15) is 18.0 Å². The summed E-state index contributed by atoms with van der Waals surface area (Å²) in [5.41, 5.74) is 3.27. The topological polar surface area (TPSA) is 76.8 Å². The van der Waals surface area contributed by atoms with Gasteiger partial charge in [-0.25, -0.2) is 4.68 Å². The standard InChI is InChI=1S/C25H23F3N6O/c1-16-7-5-6-10-18(16)14-33-15-19(13-29-33)30-24(35)21-12-23-31-20(17-8-3-2-4-9-17)11-22(25(26,27)28)34(23)32-21/h2-10,12-13,15,20,22,31H,11,14H2,1H3,(H,30,35)/t20-,22-/m1/s1. The Balaban J connectivity index is 1.35. The molecule has 10 heteroatoms. The predicted octanol–water partition coefficient (Wildman–Crippen LogP) is 5.35. The molecule has 1 amide bonds. The zero-order chi connectivity index (χ0) is 24.6. The number of aryl methyl sites for hydroxylation is 1. The maximum Gasteiger partial charge on any atom is 0.410 e. The van der Waals surface area contributed by atoms with Gasteiger partial charge < -0.3 is 10.6 Å². The average molecular weight is 480 g/mol. The minimum Gasteiger partial charge on any atom is -0.363 e. The van der Waals surface area contributed by atoms with E-state index in [1.807, 2.05) is 37.3 Å². The minimum absolute atomic E-state index is 0.109. The fourth-order valence-corrected chi connectivity index (χ4v) is 4.26. The van der Waals surface area contributed by atoms with Gasteiger partial charge in [-0.15, -0.1) is 0 Å². The van der Waals surface area contributed by atoms with Gasteiger partial charge in [0.15, 0.2) is 11.7 Å². The average Bonchev–Trinajstić information content (AvgIpc) is 3.46. The van der Waals surface area contributed by atoms with Crippen LogP contribution in [-0.4, -0.2) is 31.6 Å². The van der Waals surface area contributed by atoms with Crippen LogP contribution in [0.5, 0.6) is 0 Å². The third-order valence-electron chi connectivity index (χ3n) is 6.11. The zero-order valence-corrected chi connectivity index (χ0v) is 18.8. The number of hydrogen-bond acceptors (Lipinski definition) is 4. The molecule has 7 nitrogen and oxygen atoms in total. The highest BCUT2D eigenvalue weighted by molar-refractivity contribution is 6.03. The molecule has 4 aromatic rings. The number of carbonyl (C=O) groups excluding carboxylic acids is 1. The molecule has 1 aliphatic heterocycles. The smallest absolute Gasteiger partial charge is 0.363 e. The maximum atomic E-state index is 13.9. The van der Waals surface area contributed by atoms with Crippen molar-refractivity contribution in [3.63, 3.8) is 0 Å². The van der Waals surface area contributed by atoms with Crippen LogP contribution in [0.15, 0.2) is 73.1 Å². The first-order chi connectivity index (χ1) is 16.8. The van der Waals surface area contributed by atoms with Gasteiger partial charge in [-0.1, -0.05) is 54.6 Å². The first-order valence-electron chi connectivity index (χ1n) is 11.1. The van der Waals surface area contributed by atoms with Crippen LogP contribution < -0.4 is 10.6 Å². The van der Waals surface area contributed by atoms with Crippen LogP contribution in [-0.2, 0) is 6.54 Å². The van der Waals surface area contributed by atoms with Gasteiger partial charge in [0.2, 0.25) is 0 Å². The summed E-state index contributed by atoms with van der Waals surface area (Å²) in [5.74, 6) is -0.464. The monoisotopic (exact) mass is 480 g/mol. The number of nitrogens with zero attached hydrogens (tertiary/aromatic N) is 4. The summed E-state index contributed by atoms with van der Waals surface area (Å²) in [6.45, 7) is 2.53. The Labute approximate surface area is 199 Å². The largest absolute Gasteiger partial charge is 0.410 e. The number of alkyl halides is 3. The molecule has 2 N–H and O–H groups in total. The molecule has 2 atom stereocenters. The van der Waals surface area contributed by atoms with E-state index < -0.39 is 24.2 Å². The number of anilines is 2. The van der Waals surface area contributed by atoms with E-state index >= 15 is 0 Å². The summed E-state index contributed by atoms with van der Waals surface area (Å²) < 4.78 is 44.2. The van der Waals surface area contributed by atoms with Crippen molar-refractivity contribution in [1.82, 2.24) is 19.6 Å². The number of aromatic nitrogens is 4. The van der Waals surface area contributed by atoms with Crippen molar-refractivity contribution in [3.8, 4) is 0 Å². The normalized spacial score (nSPS) is 17.5.